The van der Waals surface area contributed by atoms with Gasteiger partial charge >= 0.3 is 0 Å². The number of nitriles is 1. The van der Waals surface area contributed by atoms with Crippen molar-refractivity contribution < 1.29 is 4.39 Å². The summed E-state index contributed by atoms with van der Waals surface area (Å²) in [6.07, 6.45) is 2.33. The molecule has 0 aromatic heterocycles. The molecular weight excluding hydrogens is 155 g/mol. The molecule has 0 heterocycles. The van der Waals surface area contributed by atoms with Crippen LogP contribution in [0.1, 0.15) is 5.56 Å². The molecule has 2 nitrogen and oxygen atoms in total. The van der Waals surface area contributed by atoms with Gasteiger partial charge in [0.05, 0.1) is 0 Å². The molecule has 0 radical (unpaired) electrons. The SMILES string of the molecule is N#CNCCc1ccccc1F. The van der Waals surface area contributed by atoms with Crippen LogP contribution >= 0.6 is 0 Å². The van der Waals surface area contributed by atoms with Gasteiger partial charge in [0, 0.05) is 6.54 Å². The zero-order chi connectivity index (χ0) is 8.81. The van der Waals surface area contributed by atoms with Crippen molar-refractivity contribution in [3.63, 3.8) is 0 Å². The number of nitrogens with zero attached hydrogens (tertiary/aromatic N) is 1. The van der Waals surface area contributed by atoms with Gasteiger partial charge in [-0.2, -0.15) is 5.26 Å². The maximum absolute atomic E-state index is 12.9. The van der Waals surface area contributed by atoms with E-state index in [2.05, 4.69) is 5.32 Å². The molecule has 0 saturated carbocycles. The lowest BCUT2D eigenvalue weighted by molar-refractivity contribution is 0.607. The van der Waals surface area contributed by atoms with Crippen LogP contribution in [0.15, 0.2) is 24.3 Å². The third kappa shape index (κ3) is 2.24. The minimum Gasteiger partial charge on any atom is -0.324 e. The smallest absolute Gasteiger partial charge is 0.176 e. The van der Waals surface area contributed by atoms with Crippen molar-refractivity contribution in [3.8, 4) is 6.19 Å². The lowest BCUT2D eigenvalue weighted by Gasteiger charge is -2.00. The van der Waals surface area contributed by atoms with Crippen molar-refractivity contribution in [2.45, 2.75) is 6.42 Å². The Kier molecular flexibility index (Phi) is 3.09. The highest BCUT2D eigenvalue weighted by molar-refractivity contribution is 5.17. The van der Waals surface area contributed by atoms with Gasteiger partial charge in [0.15, 0.2) is 6.19 Å². The second-order valence-corrected chi connectivity index (χ2v) is 2.38. The number of rotatable bonds is 3. The predicted octanol–water partition coefficient (Wildman–Crippen LogP) is 1.44. The molecule has 0 saturated heterocycles. The van der Waals surface area contributed by atoms with Crippen molar-refractivity contribution in [1.29, 1.82) is 5.26 Å². The van der Waals surface area contributed by atoms with Gasteiger partial charge in [-0.25, -0.2) is 4.39 Å². The molecule has 0 aliphatic rings. The van der Waals surface area contributed by atoms with E-state index in [1.165, 1.54) is 6.07 Å². The van der Waals surface area contributed by atoms with E-state index in [4.69, 9.17) is 5.26 Å². The molecule has 62 valence electrons. The summed E-state index contributed by atoms with van der Waals surface area (Å²) >= 11 is 0. The fourth-order valence-corrected chi connectivity index (χ4v) is 0.954. The highest BCUT2D eigenvalue weighted by Crippen LogP contribution is 2.05. The standard InChI is InChI=1S/C9H9FN2/c10-9-4-2-1-3-8(9)5-6-12-7-11/h1-4,12H,5-6H2. The van der Waals surface area contributed by atoms with Crippen LogP contribution in [0.5, 0.6) is 0 Å². The quantitative estimate of drug-likeness (QED) is 0.417. The van der Waals surface area contributed by atoms with Gasteiger partial charge < -0.3 is 5.32 Å². The molecule has 0 atom stereocenters. The monoisotopic (exact) mass is 164 g/mol. The first-order chi connectivity index (χ1) is 5.84. The van der Waals surface area contributed by atoms with Crippen LogP contribution in [-0.2, 0) is 6.42 Å². The van der Waals surface area contributed by atoms with Gasteiger partial charge in [-0.1, -0.05) is 18.2 Å². The van der Waals surface area contributed by atoms with E-state index < -0.39 is 0 Å². The molecule has 0 aliphatic heterocycles. The summed E-state index contributed by atoms with van der Waals surface area (Å²) in [7, 11) is 0. The van der Waals surface area contributed by atoms with Gasteiger partial charge in [0.2, 0.25) is 0 Å². The average Bonchev–Trinajstić information content (AvgIpc) is 2.09. The first-order valence-electron chi connectivity index (χ1n) is 3.70. The molecule has 1 N–H and O–H groups in total. The number of halogens is 1. The van der Waals surface area contributed by atoms with E-state index in [9.17, 15) is 4.39 Å². The van der Waals surface area contributed by atoms with Crippen LogP contribution in [0.2, 0.25) is 0 Å². The van der Waals surface area contributed by atoms with Gasteiger partial charge in [-0.05, 0) is 18.1 Å². The zero-order valence-electron chi connectivity index (χ0n) is 6.55. The minimum absolute atomic E-state index is 0.211. The number of hydrogen-bond donors (Lipinski definition) is 1. The lowest BCUT2D eigenvalue weighted by Crippen LogP contribution is -2.10. The Labute approximate surface area is 70.6 Å². The Morgan fingerprint density at radius 1 is 1.42 bits per heavy atom. The molecule has 0 spiro atoms. The van der Waals surface area contributed by atoms with Crippen molar-refractivity contribution >= 4 is 0 Å². The second kappa shape index (κ2) is 4.35. The van der Waals surface area contributed by atoms with Gasteiger partial charge in [0.1, 0.15) is 5.82 Å². The summed E-state index contributed by atoms with van der Waals surface area (Å²) < 4.78 is 12.9. The third-order valence-electron chi connectivity index (χ3n) is 1.56. The molecule has 1 aromatic rings. The maximum Gasteiger partial charge on any atom is 0.176 e. The van der Waals surface area contributed by atoms with Gasteiger partial charge in [-0.15, -0.1) is 0 Å². The Morgan fingerprint density at radius 3 is 2.83 bits per heavy atom. The number of benzene rings is 1. The molecule has 3 heteroatoms. The summed E-state index contributed by atoms with van der Waals surface area (Å²) in [4.78, 5) is 0. The Bertz CT molecular complexity index is 291. The van der Waals surface area contributed by atoms with E-state index in [0.29, 0.717) is 18.5 Å². The highest BCUT2D eigenvalue weighted by atomic mass is 19.1. The molecule has 0 fully saturated rings. The Hall–Kier alpha value is -1.56. The van der Waals surface area contributed by atoms with Gasteiger partial charge in [0.25, 0.3) is 0 Å². The first-order valence-corrected chi connectivity index (χ1v) is 3.70. The molecule has 1 rings (SSSR count). The fourth-order valence-electron chi connectivity index (χ4n) is 0.954. The molecular formula is C9H9FN2. The van der Waals surface area contributed by atoms with E-state index in [-0.39, 0.29) is 5.82 Å². The van der Waals surface area contributed by atoms with Crippen LogP contribution in [0.3, 0.4) is 0 Å². The largest absolute Gasteiger partial charge is 0.324 e. The van der Waals surface area contributed by atoms with Crippen LogP contribution in [0.4, 0.5) is 4.39 Å². The summed E-state index contributed by atoms with van der Waals surface area (Å²) in [5, 5.41) is 10.6. The van der Waals surface area contributed by atoms with Crippen LogP contribution in [0.25, 0.3) is 0 Å². The first kappa shape index (κ1) is 8.54. The molecule has 0 unspecified atom stereocenters. The molecule has 12 heavy (non-hydrogen) atoms. The molecule has 1 aromatic carbocycles. The zero-order valence-corrected chi connectivity index (χ0v) is 6.55. The van der Waals surface area contributed by atoms with Crippen molar-refractivity contribution in [3.05, 3.63) is 35.6 Å². The predicted molar refractivity (Wildman–Crippen MR) is 43.7 cm³/mol. The minimum atomic E-state index is -0.211. The van der Waals surface area contributed by atoms with Gasteiger partial charge in [-0.3, -0.25) is 0 Å². The van der Waals surface area contributed by atoms with Crippen LogP contribution < -0.4 is 5.32 Å². The highest BCUT2D eigenvalue weighted by Gasteiger charge is 1.98. The van der Waals surface area contributed by atoms with Crippen LogP contribution in [0, 0.1) is 17.3 Å². The Morgan fingerprint density at radius 2 is 2.17 bits per heavy atom. The number of hydrogen-bond acceptors (Lipinski definition) is 2. The summed E-state index contributed by atoms with van der Waals surface area (Å²) in [6, 6.07) is 6.57. The topological polar surface area (TPSA) is 35.8 Å². The molecule has 0 aliphatic carbocycles. The average molecular weight is 164 g/mol. The van der Waals surface area contributed by atoms with E-state index in [1.54, 1.807) is 24.4 Å². The van der Waals surface area contributed by atoms with Crippen molar-refractivity contribution in [1.82, 2.24) is 5.32 Å². The molecule has 0 amide bonds. The number of nitrogens with one attached hydrogen (secondary N) is 1. The third-order valence-corrected chi connectivity index (χ3v) is 1.56. The summed E-state index contributed by atoms with van der Waals surface area (Å²) in [6.45, 7) is 0.484. The van der Waals surface area contributed by atoms with E-state index in [0.717, 1.165) is 0 Å². The van der Waals surface area contributed by atoms with Crippen molar-refractivity contribution in [2.24, 2.45) is 0 Å². The summed E-state index contributed by atoms with van der Waals surface area (Å²) in [5.41, 5.74) is 0.639. The lowest BCUT2D eigenvalue weighted by atomic mass is 10.1. The Balaban J connectivity index is 2.53. The normalized spacial score (nSPS) is 9.00. The molecule has 0 bridgehead atoms. The fraction of sp³-hybridized carbons (Fsp3) is 0.222. The van der Waals surface area contributed by atoms with Crippen LogP contribution in [-0.4, -0.2) is 6.54 Å². The maximum atomic E-state index is 12.9. The van der Waals surface area contributed by atoms with Crippen molar-refractivity contribution in [2.75, 3.05) is 6.54 Å². The van der Waals surface area contributed by atoms with E-state index >= 15 is 0 Å². The summed E-state index contributed by atoms with van der Waals surface area (Å²) in [5.74, 6) is -0.211. The van der Waals surface area contributed by atoms with E-state index in [1.807, 2.05) is 0 Å². The second-order valence-electron chi connectivity index (χ2n) is 2.38.